The maximum atomic E-state index is 6.11. The lowest BCUT2D eigenvalue weighted by molar-refractivity contribution is 0.408. The lowest BCUT2D eigenvalue weighted by Crippen LogP contribution is -2.15. The molecule has 112 valence electrons. The van der Waals surface area contributed by atoms with E-state index in [4.69, 9.17) is 22.1 Å². The fourth-order valence-corrected chi connectivity index (χ4v) is 2.72. The molecule has 0 spiro atoms. The van der Waals surface area contributed by atoms with Gasteiger partial charge in [-0.05, 0) is 67.3 Å². The van der Waals surface area contributed by atoms with Crippen molar-refractivity contribution in [2.45, 2.75) is 26.2 Å². The summed E-state index contributed by atoms with van der Waals surface area (Å²) in [5.74, 6) is 1.12. The van der Waals surface area contributed by atoms with Crippen LogP contribution in [0.5, 0.6) is 5.75 Å². The molecule has 0 aromatic heterocycles. The van der Waals surface area contributed by atoms with Crippen LogP contribution in [0.4, 0.5) is 0 Å². The monoisotopic (exact) mass is 303 g/mol. The lowest BCUT2D eigenvalue weighted by atomic mass is 9.90. The van der Waals surface area contributed by atoms with E-state index in [9.17, 15) is 0 Å². The number of nitrogens with two attached hydrogens (primary N) is 1. The van der Waals surface area contributed by atoms with E-state index in [2.05, 4.69) is 32.0 Å². The molecular weight excluding hydrogens is 282 g/mol. The van der Waals surface area contributed by atoms with Crippen molar-refractivity contribution in [3.05, 3.63) is 63.7 Å². The summed E-state index contributed by atoms with van der Waals surface area (Å²) in [5, 5.41) is 0.724. The number of methoxy groups -OCH3 is 1. The first-order valence-electron chi connectivity index (χ1n) is 7.14. The second-order valence-corrected chi connectivity index (χ2v) is 5.87. The van der Waals surface area contributed by atoms with E-state index in [-0.39, 0.29) is 5.92 Å². The SMILES string of the molecule is COc1ccc(Cl)cc1CC(CN)c1ccc(C)c(C)c1. The normalized spacial score (nSPS) is 12.2. The molecular formula is C18H22ClNO. The molecule has 21 heavy (non-hydrogen) atoms. The van der Waals surface area contributed by atoms with Gasteiger partial charge in [0, 0.05) is 10.9 Å². The average Bonchev–Trinajstić information content (AvgIpc) is 2.48. The highest BCUT2D eigenvalue weighted by Gasteiger charge is 2.14. The summed E-state index contributed by atoms with van der Waals surface area (Å²) in [6, 6.07) is 12.3. The highest BCUT2D eigenvalue weighted by atomic mass is 35.5. The third kappa shape index (κ3) is 3.78. The van der Waals surface area contributed by atoms with Crippen LogP contribution in [0.25, 0.3) is 0 Å². The highest BCUT2D eigenvalue weighted by Crippen LogP contribution is 2.29. The molecule has 1 atom stereocenters. The summed E-state index contributed by atoms with van der Waals surface area (Å²) in [4.78, 5) is 0. The lowest BCUT2D eigenvalue weighted by Gasteiger charge is -2.18. The zero-order valence-electron chi connectivity index (χ0n) is 12.8. The largest absolute Gasteiger partial charge is 0.496 e. The summed E-state index contributed by atoms with van der Waals surface area (Å²) in [5.41, 5.74) is 11.0. The Kier molecular flexibility index (Phi) is 5.27. The molecule has 0 aliphatic rings. The van der Waals surface area contributed by atoms with Crippen molar-refractivity contribution >= 4 is 11.6 Å². The molecule has 0 heterocycles. The molecule has 0 saturated heterocycles. The van der Waals surface area contributed by atoms with Gasteiger partial charge in [0.2, 0.25) is 0 Å². The number of rotatable bonds is 5. The van der Waals surface area contributed by atoms with Gasteiger partial charge in [-0.3, -0.25) is 0 Å². The van der Waals surface area contributed by atoms with Gasteiger partial charge in [-0.25, -0.2) is 0 Å². The molecule has 2 aromatic rings. The Balaban J connectivity index is 2.30. The van der Waals surface area contributed by atoms with E-state index in [0.717, 1.165) is 22.8 Å². The second-order valence-electron chi connectivity index (χ2n) is 5.44. The zero-order valence-corrected chi connectivity index (χ0v) is 13.6. The van der Waals surface area contributed by atoms with Crippen molar-refractivity contribution in [1.82, 2.24) is 0 Å². The molecule has 0 amide bonds. The van der Waals surface area contributed by atoms with Gasteiger partial charge in [0.1, 0.15) is 5.75 Å². The van der Waals surface area contributed by atoms with Crippen LogP contribution in [0.2, 0.25) is 5.02 Å². The molecule has 0 fully saturated rings. The number of halogens is 1. The van der Waals surface area contributed by atoms with Crippen molar-refractivity contribution in [2.24, 2.45) is 5.73 Å². The first-order chi connectivity index (χ1) is 10.0. The molecule has 1 unspecified atom stereocenters. The molecule has 0 saturated carbocycles. The Labute approximate surface area is 131 Å². The number of aryl methyl sites for hydroxylation is 2. The van der Waals surface area contributed by atoms with Crippen LogP contribution in [0.1, 0.15) is 28.2 Å². The predicted molar refractivity (Wildman–Crippen MR) is 89.4 cm³/mol. The van der Waals surface area contributed by atoms with Crippen LogP contribution < -0.4 is 10.5 Å². The number of hydrogen-bond donors (Lipinski definition) is 1. The van der Waals surface area contributed by atoms with Crippen molar-refractivity contribution in [3.63, 3.8) is 0 Å². The van der Waals surface area contributed by atoms with Gasteiger partial charge < -0.3 is 10.5 Å². The van der Waals surface area contributed by atoms with Crippen molar-refractivity contribution in [1.29, 1.82) is 0 Å². The Morgan fingerprint density at radius 1 is 1.10 bits per heavy atom. The summed E-state index contributed by atoms with van der Waals surface area (Å²) in [6.07, 6.45) is 0.822. The molecule has 2 N–H and O–H groups in total. The third-order valence-corrected chi connectivity index (χ3v) is 4.23. The minimum absolute atomic E-state index is 0.261. The molecule has 3 heteroatoms. The van der Waals surface area contributed by atoms with E-state index in [1.807, 2.05) is 18.2 Å². The fourth-order valence-electron chi connectivity index (χ4n) is 2.53. The first kappa shape index (κ1) is 15.9. The van der Waals surface area contributed by atoms with Gasteiger partial charge in [0.05, 0.1) is 7.11 Å². The van der Waals surface area contributed by atoms with E-state index < -0.39 is 0 Å². The molecule has 0 bridgehead atoms. The van der Waals surface area contributed by atoms with Gasteiger partial charge in [-0.2, -0.15) is 0 Å². The van der Waals surface area contributed by atoms with E-state index in [1.54, 1.807) is 7.11 Å². The van der Waals surface area contributed by atoms with Crippen LogP contribution in [-0.4, -0.2) is 13.7 Å². The Morgan fingerprint density at radius 2 is 1.86 bits per heavy atom. The molecule has 2 aromatic carbocycles. The summed E-state index contributed by atoms with van der Waals surface area (Å²) in [6.45, 7) is 4.85. The quantitative estimate of drug-likeness (QED) is 0.896. The number of benzene rings is 2. The van der Waals surface area contributed by atoms with Gasteiger partial charge in [0.25, 0.3) is 0 Å². The maximum Gasteiger partial charge on any atom is 0.122 e. The minimum Gasteiger partial charge on any atom is -0.496 e. The average molecular weight is 304 g/mol. The van der Waals surface area contributed by atoms with Crippen LogP contribution in [0, 0.1) is 13.8 Å². The Bertz CT molecular complexity index is 625. The van der Waals surface area contributed by atoms with Crippen LogP contribution >= 0.6 is 11.6 Å². The van der Waals surface area contributed by atoms with Crippen LogP contribution in [0.15, 0.2) is 36.4 Å². The molecule has 2 rings (SSSR count). The van der Waals surface area contributed by atoms with Gasteiger partial charge in [-0.1, -0.05) is 29.8 Å². The maximum absolute atomic E-state index is 6.11. The number of hydrogen-bond acceptors (Lipinski definition) is 2. The Hall–Kier alpha value is -1.51. The molecule has 2 nitrogen and oxygen atoms in total. The van der Waals surface area contributed by atoms with E-state index >= 15 is 0 Å². The van der Waals surface area contributed by atoms with Crippen LogP contribution in [-0.2, 0) is 6.42 Å². The predicted octanol–water partition coefficient (Wildman–Crippen LogP) is 4.25. The van der Waals surface area contributed by atoms with Crippen molar-refractivity contribution in [3.8, 4) is 5.75 Å². The first-order valence-corrected chi connectivity index (χ1v) is 7.52. The summed E-state index contributed by atoms with van der Waals surface area (Å²) in [7, 11) is 1.68. The van der Waals surface area contributed by atoms with Crippen molar-refractivity contribution in [2.75, 3.05) is 13.7 Å². The second kappa shape index (κ2) is 6.97. The highest BCUT2D eigenvalue weighted by molar-refractivity contribution is 6.30. The van der Waals surface area contributed by atoms with E-state index in [1.165, 1.54) is 16.7 Å². The minimum atomic E-state index is 0.261. The smallest absolute Gasteiger partial charge is 0.122 e. The molecule has 0 aliphatic heterocycles. The fraction of sp³-hybridized carbons (Fsp3) is 0.333. The molecule has 0 radical (unpaired) electrons. The van der Waals surface area contributed by atoms with E-state index in [0.29, 0.717) is 6.54 Å². The summed E-state index contributed by atoms with van der Waals surface area (Å²) < 4.78 is 5.42. The number of ether oxygens (including phenoxy) is 1. The topological polar surface area (TPSA) is 35.2 Å². The molecule has 0 aliphatic carbocycles. The summed E-state index contributed by atoms with van der Waals surface area (Å²) >= 11 is 6.11. The third-order valence-electron chi connectivity index (χ3n) is 4.00. The van der Waals surface area contributed by atoms with Crippen molar-refractivity contribution < 1.29 is 4.74 Å². The standard InChI is InChI=1S/C18H22ClNO/c1-12-4-5-14(8-13(12)2)16(11-20)9-15-10-17(19)6-7-18(15)21-3/h4-8,10,16H,9,11,20H2,1-3H3. The van der Waals surface area contributed by atoms with Gasteiger partial charge in [-0.15, -0.1) is 0 Å². The van der Waals surface area contributed by atoms with Gasteiger partial charge in [0.15, 0.2) is 0 Å². The Morgan fingerprint density at radius 3 is 2.48 bits per heavy atom. The van der Waals surface area contributed by atoms with Crippen LogP contribution in [0.3, 0.4) is 0 Å². The zero-order chi connectivity index (χ0) is 15.4. The van der Waals surface area contributed by atoms with Gasteiger partial charge >= 0.3 is 0 Å².